The van der Waals surface area contributed by atoms with Crippen LogP contribution in [0.25, 0.3) is 0 Å². The van der Waals surface area contributed by atoms with Crippen LogP contribution in [0.1, 0.15) is 33.1 Å². The van der Waals surface area contributed by atoms with E-state index in [9.17, 15) is 8.42 Å². The zero-order chi connectivity index (χ0) is 14.8. The minimum Gasteiger partial charge on any atom is -0.207 e. The lowest BCUT2D eigenvalue weighted by atomic mass is 9.89. The van der Waals surface area contributed by atoms with Crippen LogP contribution in [0.4, 0.5) is 0 Å². The van der Waals surface area contributed by atoms with Crippen molar-refractivity contribution in [2.24, 2.45) is 11.8 Å². The third-order valence-electron chi connectivity index (χ3n) is 4.13. The van der Waals surface area contributed by atoms with E-state index in [1.165, 1.54) is 0 Å². The average Bonchev–Trinajstić information content (AvgIpc) is 2.65. The Balaban J connectivity index is 2.16. The molecule has 20 heavy (non-hydrogen) atoms. The Morgan fingerprint density at radius 2 is 1.80 bits per heavy atom. The molecule has 2 rings (SSSR count). The summed E-state index contributed by atoms with van der Waals surface area (Å²) in [7, 11) is -3.34. The van der Waals surface area contributed by atoms with E-state index in [2.05, 4.69) is 29.8 Å². The average molecular weight is 360 g/mol. The summed E-state index contributed by atoms with van der Waals surface area (Å²) in [6.45, 7) is 5.73. The lowest BCUT2D eigenvalue weighted by molar-refractivity contribution is 0.341. The molecule has 112 valence electrons. The second-order valence-electron chi connectivity index (χ2n) is 5.79. The minimum atomic E-state index is -3.34. The van der Waals surface area contributed by atoms with E-state index in [0.29, 0.717) is 29.8 Å². The molecule has 0 aliphatic carbocycles. The summed E-state index contributed by atoms with van der Waals surface area (Å²) in [5.41, 5.74) is 0. The van der Waals surface area contributed by atoms with Gasteiger partial charge in [0.05, 0.1) is 4.90 Å². The number of benzene rings is 1. The number of rotatable bonds is 3. The van der Waals surface area contributed by atoms with Crippen LogP contribution in [0.2, 0.25) is 0 Å². The van der Waals surface area contributed by atoms with E-state index in [-0.39, 0.29) is 0 Å². The van der Waals surface area contributed by atoms with Crippen LogP contribution in [0.5, 0.6) is 0 Å². The maximum atomic E-state index is 12.6. The molecule has 1 aliphatic heterocycles. The Kier molecular flexibility index (Phi) is 5.26. The molecule has 0 spiro atoms. The number of sulfonamides is 1. The van der Waals surface area contributed by atoms with E-state index in [1.807, 2.05) is 0 Å². The third kappa shape index (κ3) is 3.62. The zero-order valence-corrected chi connectivity index (χ0v) is 14.5. The molecule has 1 unspecified atom stereocenters. The van der Waals surface area contributed by atoms with Gasteiger partial charge in [0.25, 0.3) is 0 Å². The predicted molar refractivity (Wildman–Crippen MR) is 85.1 cm³/mol. The van der Waals surface area contributed by atoms with Gasteiger partial charge in [-0.25, -0.2) is 8.42 Å². The van der Waals surface area contributed by atoms with Crippen LogP contribution in [-0.2, 0) is 10.0 Å². The zero-order valence-electron chi connectivity index (χ0n) is 12.0. The highest BCUT2D eigenvalue weighted by atomic mass is 79.9. The molecule has 0 amide bonds. The van der Waals surface area contributed by atoms with Crippen LogP contribution in [-0.4, -0.2) is 25.8 Å². The molecule has 1 saturated heterocycles. The van der Waals surface area contributed by atoms with Crippen LogP contribution in [0.15, 0.2) is 33.6 Å². The van der Waals surface area contributed by atoms with Crippen molar-refractivity contribution in [3.63, 3.8) is 0 Å². The summed E-state index contributed by atoms with van der Waals surface area (Å²) >= 11 is 3.34. The molecule has 1 heterocycles. The van der Waals surface area contributed by atoms with Crippen LogP contribution < -0.4 is 0 Å². The van der Waals surface area contributed by atoms with Gasteiger partial charge in [-0.3, -0.25) is 0 Å². The fourth-order valence-electron chi connectivity index (χ4n) is 2.76. The highest BCUT2D eigenvalue weighted by Gasteiger charge is 2.28. The first-order valence-corrected chi connectivity index (χ1v) is 9.40. The summed E-state index contributed by atoms with van der Waals surface area (Å²) in [5.74, 6) is 1.27. The molecule has 1 aromatic carbocycles. The Morgan fingerprint density at radius 1 is 1.15 bits per heavy atom. The smallest absolute Gasteiger partial charge is 0.207 e. The Morgan fingerprint density at radius 3 is 2.40 bits per heavy atom. The van der Waals surface area contributed by atoms with Crippen molar-refractivity contribution in [1.29, 1.82) is 0 Å². The number of halogens is 1. The molecule has 1 atom stereocenters. The molecule has 1 aliphatic rings. The topological polar surface area (TPSA) is 37.4 Å². The van der Waals surface area contributed by atoms with Gasteiger partial charge < -0.3 is 0 Å². The minimum absolute atomic E-state index is 0.392. The van der Waals surface area contributed by atoms with Crippen molar-refractivity contribution in [1.82, 2.24) is 4.31 Å². The van der Waals surface area contributed by atoms with Crippen molar-refractivity contribution in [3.8, 4) is 0 Å². The predicted octanol–water partition coefficient (Wildman–Crippen LogP) is 3.90. The summed E-state index contributed by atoms with van der Waals surface area (Å²) < 4.78 is 27.8. The van der Waals surface area contributed by atoms with Gasteiger partial charge in [-0.15, -0.1) is 0 Å². The van der Waals surface area contributed by atoms with Crippen molar-refractivity contribution in [3.05, 3.63) is 28.7 Å². The monoisotopic (exact) mass is 359 g/mol. The molecular weight excluding hydrogens is 338 g/mol. The van der Waals surface area contributed by atoms with Crippen molar-refractivity contribution < 1.29 is 8.42 Å². The van der Waals surface area contributed by atoms with E-state index in [4.69, 9.17) is 0 Å². The van der Waals surface area contributed by atoms with Gasteiger partial charge in [-0.05, 0) is 55.4 Å². The maximum Gasteiger partial charge on any atom is 0.243 e. The van der Waals surface area contributed by atoms with E-state index in [1.54, 1.807) is 28.6 Å². The normalized spacial score (nSPS) is 21.9. The summed E-state index contributed by atoms with van der Waals surface area (Å²) in [6.07, 6.45) is 3.05. The molecule has 0 N–H and O–H groups in total. The molecule has 5 heteroatoms. The maximum absolute atomic E-state index is 12.6. The van der Waals surface area contributed by atoms with Crippen LogP contribution in [0.3, 0.4) is 0 Å². The highest BCUT2D eigenvalue weighted by Crippen LogP contribution is 2.27. The second-order valence-corrected chi connectivity index (χ2v) is 8.65. The first-order chi connectivity index (χ1) is 9.41. The Bertz CT molecular complexity index is 539. The first kappa shape index (κ1) is 16.0. The molecule has 3 nitrogen and oxygen atoms in total. The molecule has 1 aromatic rings. The van der Waals surface area contributed by atoms with Crippen LogP contribution in [0, 0.1) is 11.8 Å². The van der Waals surface area contributed by atoms with Crippen molar-refractivity contribution >= 4 is 26.0 Å². The highest BCUT2D eigenvalue weighted by molar-refractivity contribution is 9.10. The fraction of sp³-hybridized carbons (Fsp3) is 0.600. The lowest BCUT2D eigenvalue weighted by Crippen LogP contribution is -2.32. The molecule has 0 saturated carbocycles. The van der Waals surface area contributed by atoms with Crippen LogP contribution >= 0.6 is 15.9 Å². The number of nitrogens with zero attached hydrogens (tertiary/aromatic N) is 1. The second kappa shape index (κ2) is 6.58. The van der Waals surface area contributed by atoms with Gasteiger partial charge in [0, 0.05) is 17.6 Å². The van der Waals surface area contributed by atoms with E-state index >= 15 is 0 Å². The Labute approximate surface area is 130 Å². The Hall–Kier alpha value is -0.390. The van der Waals surface area contributed by atoms with Gasteiger partial charge in [0.2, 0.25) is 10.0 Å². The summed E-state index contributed by atoms with van der Waals surface area (Å²) in [6, 6.07) is 6.90. The first-order valence-electron chi connectivity index (χ1n) is 7.17. The lowest BCUT2D eigenvalue weighted by Gasteiger charge is -2.21. The molecular formula is C15H22BrNO2S. The number of hydrogen-bond donors (Lipinski definition) is 0. The van der Waals surface area contributed by atoms with Crippen molar-refractivity contribution in [2.75, 3.05) is 13.1 Å². The van der Waals surface area contributed by atoms with Gasteiger partial charge in [-0.2, -0.15) is 4.31 Å². The quantitative estimate of drug-likeness (QED) is 0.820. The summed E-state index contributed by atoms with van der Waals surface area (Å²) in [5, 5.41) is 0. The van der Waals surface area contributed by atoms with Gasteiger partial charge >= 0.3 is 0 Å². The summed E-state index contributed by atoms with van der Waals surface area (Å²) in [4.78, 5) is 0.392. The standard InChI is InChI=1S/C15H22BrNO2S/c1-12(2)13-4-3-10-17(11-9-13)20(18,19)15-7-5-14(16)6-8-15/h5-8,12-13H,3-4,9-11H2,1-2H3. The SMILES string of the molecule is CC(C)C1CCCN(S(=O)(=O)c2ccc(Br)cc2)CC1. The molecule has 1 fully saturated rings. The fourth-order valence-corrected chi connectivity index (χ4v) is 4.52. The largest absolute Gasteiger partial charge is 0.243 e. The molecule has 0 aromatic heterocycles. The van der Waals surface area contributed by atoms with Gasteiger partial charge in [0.1, 0.15) is 0 Å². The molecule has 0 radical (unpaired) electrons. The van der Waals surface area contributed by atoms with E-state index in [0.717, 1.165) is 23.7 Å². The van der Waals surface area contributed by atoms with E-state index < -0.39 is 10.0 Å². The number of hydrogen-bond acceptors (Lipinski definition) is 2. The molecule has 0 bridgehead atoms. The van der Waals surface area contributed by atoms with Crippen molar-refractivity contribution in [2.45, 2.75) is 38.0 Å². The van der Waals surface area contributed by atoms with Gasteiger partial charge in [-0.1, -0.05) is 29.8 Å². The van der Waals surface area contributed by atoms with Gasteiger partial charge in [0.15, 0.2) is 0 Å². The third-order valence-corrected chi connectivity index (χ3v) is 6.57.